The van der Waals surface area contributed by atoms with Gasteiger partial charge in [-0.2, -0.15) is 17.0 Å². The van der Waals surface area contributed by atoms with Crippen molar-refractivity contribution >= 4 is 10.2 Å². The summed E-state index contributed by atoms with van der Waals surface area (Å²) in [7, 11) is -1.75. The van der Waals surface area contributed by atoms with Crippen molar-refractivity contribution in [2.75, 3.05) is 39.8 Å². The summed E-state index contributed by atoms with van der Waals surface area (Å²) < 4.78 is 32.8. The van der Waals surface area contributed by atoms with Gasteiger partial charge in [-0.1, -0.05) is 6.92 Å². The molecule has 0 aromatic heterocycles. The van der Waals surface area contributed by atoms with E-state index in [-0.39, 0.29) is 6.10 Å². The molecule has 0 aromatic carbocycles. The highest BCUT2D eigenvalue weighted by Gasteiger charge is 2.31. The van der Waals surface area contributed by atoms with Crippen LogP contribution in [0, 0.1) is 0 Å². The van der Waals surface area contributed by atoms with Gasteiger partial charge in [-0.25, -0.2) is 0 Å². The van der Waals surface area contributed by atoms with Crippen LogP contribution < -0.4 is 5.73 Å². The summed E-state index contributed by atoms with van der Waals surface area (Å²) in [6.07, 6.45) is 1.52. The molecule has 0 aromatic rings. The number of ether oxygens (including phenoxy) is 1. The molecule has 1 rings (SSSR count). The van der Waals surface area contributed by atoms with E-state index in [2.05, 4.69) is 0 Å². The van der Waals surface area contributed by atoms with Crippen LogP contribution in [-0.4, -0.2) is 63.0 Å². The fourth-order valence-corrected chi connectivity index (χ4v) is 3.19. The van der Waals surface area contributed by atoms with E-state index in [1.165, 1.54) is 8.61 Å². The smallest absolute Gasteiger partial charge is 0.281 e. The summed E-state index contributed by atoms with van der Waals surface area (Å²) in [5.74, 6) is 0. The molecule has 102 valence electrons. The average Bonchev–Trinajstić information content (AvgIpc) is 2.35. The first-order chi connectivity index (χ1) is 8.02. The predicted molar refractivity (Wildman–Crippen MR) is 66.8 cm³/mol. The predicted octanol–water partition coefficient (Wildman–Crippen LogP) is -0.377. The highest BCUT2D eigenvalue weighted by Crippen LogP contribution is 2.14. The van der Waals surface area contributed by atoms with Gasteiger partial charge in [0.1, 0.15) is 0 Å². The number of hydrogen-bond acceptors (Lipinski definition) is 4. The molecule has 17 heavy (non-hydrogen) atoms. The number of nitrogens with two attached hydrogens (primary N) is 1. The van der Waals surface area contributed by atoms with Crippen LogP contribution in [0.1, 0.15) is 19.8 Å². The quantitative estimate of drug-likeness (QED) is 0.710. The Morgan fingerprint density at radius 2 is 2.24 bits per heavy atom. The first-order valence-electron chi connectivity index (χ1n) is 6.05. The van der Waals surface area contributed by atoms with E-state index in [9.17, 15) is 8.42 Å². The third kappa shape index (κ3) is 3.89. The normalized spacial score (nSPS) is 23.2. The zero-order valence-corrected chi connectivity index (χ0v) is 11.4. The van der Waals surface area contributed by atoms with Crippen molar-refractivity contribution in [1.82, 2.24) is 8.61 Å². The Hall–Kier alpha value is -0.210. The molecule has 0 aliphatic carbocycles. The average molecular weight is 265 g/mol. The van der Waals surface area contributed by atoms with E-state index in [1.807, 2.05) is 6.92 Å². The van der Waals surface area contributed by atoms with Crippen LogP contribution in [0.4, 0.5) is 0 Å². The molecule has 1 heterocycles. The van der Waals surface area contributed by atoms with Crippen LogP contribution in [0.2, 0.25) is 0 Å². The maximum Gasteiger partial charge on any atom is 0.281 e. The summed E-state index contributed by atoms with van der Waals surface area (Å²) in [5, 5.41) is 0. The molecule has 1 fully saturated rings. The fourth-order valence-electron chi connectivity index (χ4n) is 1.78. The van der Waals surface area contributed by atoms with Crippen molar-refractivity contribution < 1.29 is 13.2 Å². The zero-order chi connectivity index (χ0) is 12.9. The number of hydrogen-bond donors (Lipinski definition) is 1. The van der Waals surface area contributed by atoms with Crippen LogP contribution >= 0.6 is 0 Å². The second-order valence-corrected chi connectivity index (χ2v) is 6.27. The summed E-state index contributed by atoms with van der Waals surface area (Å²) in [6, 6.07) is 0. The SMILES string of the molecule is CCC1CN(S(=O)(=O)N(C)CCCN)CCO1. The monoisotopic (exact) mass is 265 g/mol. The highest BCUT2D eigenvalue weighted by atomic mass is 32.2. The van der Waals surface area contributed by atoms with Crippen molar-refractivity contribution in [3.63, 3.8) is 0 Å². The molecular weight excluding hydrogens is 242 g/mol. The molecule has 1 atom stereocenters. The van der Waals surface area contributed by atoms with Gasteiger partial charge < -0.3 is 10.5 Å². The highest BCUT2D eigenvalue weighted by molar-refractivity contribution is 7.86. The summed E-state index contributed by atoms with van der Waals surface area (Å²) in [6.45, 7) is 4.33. The van der Waals surface area contributed by atoms with Crippen LogP contribution in [0.15, 0.2) is 0 Å². The lowest BCUT2D eigenvalue weighted by Gasteiger charge is -2.34. The van der Waals surface area contributed by atoms with Crippen molar-refractivity contribution in [3.05, 3.63) is 0 Å². The van der Waals surface area contributed by atoms with Crippen molar-refractivity contribution in [2.45, 2.75) is 25.9 Å². The van der Waals surface area contributed by atoms with Gasteiger partial charge in [0.25, 0.3) is 10.2 Å². The minimum Gasteiger partial charge on any atom is -0.375 e. The fraction of sp³-hybridized carbons (Fsp3) is 1.00. The third-order valence-corrected chi connectivity index (χ3v) is 4.91. The molecule has 0 bridgehead atoms. The van der Waals surface area contributed by atoms with Gasteiger partial charge in [0, 0.05) is 26.7 Å². The Kier molecular flexibility index (Phi) is 5.81. The second kappa shape index (κ2) is 6.65. The van der Waals surface area contributed by atoms with E-state index in [0.717, 1.165) is 6.42 Å². The molecule has 7 heteroatoms. The van der Waals surface area contributed by atoms with Gasteiger partial charge in [0.2, 0.25) is 0 Å². The van der Waals surface area contributed by atoms with Gasteiger partial charge in [0.05, 0.1) is 12.7 Å². The minimum absolute atomic E-state index is 0.0152. The molecular formula is C10H23N3O3S. The molecule has 1 aliphatic heterocycles. The molecule has 2 N–H and O–H groups in total. The molecule has 1 unspecified atom stereocenters. The van der Waals surface area contributed by atoms with Gasteiger partial charge in [-0.05, 0) is 19.4 Å². The van der Waals surface area contributed by atoms with Gasteiger partial charge >= 0.3 is 0 Å². The number of nitrogens with zero attached hydrogens (tertiary/aromatic N) is 2. The standard InChI is InChI=1S/C10H23N3O3S/c1-3-10-9-13(7-8-16-10)17(14,15)12(2)6-4-5-11/h10H,3-9,11H2,1-2H3. The molecule has 0 amide bonds. The van der Waals surface area contributed by atoms with Crippen LogP contribution in [0.3, 0.4) is 0 Å². The zero-order valence-electron chi connectivity index (χ0n) is 10.6. The molecule has 0 saturated carbocycles. The lowest BCUT2D eigenvalue weighted by atomic mass is 10.2. The molecule has 0 spiro atoms. The summed E-state index contributed by atoms with van der Waals surface area (Å²) in [4.78, 5) is 0. The largest absolute Gasteiger partial charge is 0.375 e. The first-order valence-corrected chi connectivity index (χ1v) is 7.45. The van der Waals surface area contributed by atoms with Gasteiger partial charge in [0.15, 0.2) is 0 Å². The van der Waals surface area contributed by atoms with Crippen molar-refractivity contribution in [1.29, 1.82) is 0 Å². The molecule has 1 aliphatic rings. The van der Waals surface area contributed by atoms with Gasteiger partial charge in [-0.15, -0.1) is 0 Å². The van der Waals surface area contributed by atoms with E-state index in [4.69, 9.17) is 10.5 Å². The number of rotatable bonds is 6. The lowest BCUT2D eigenvalue weighted by Crippen LogP contribution is -2.50. The Labute approximate surface area is 104 Å². The number of morpholine rings is 1. The topological polar surface area (TPSA) is 75.9 Å². The lowest BCUT2D eigenvalue weighted by molar-refractivity contribution is -0.00426. The second-order valence-electron chi connectivity index (χ2n) is 4.23. The van der Waals surface area contributed by atoms with E-state index < -0.39 is 10.2 Å². The maximum absolute atomic E-state index is 12.2. The van der Waals surface area contributed by atoms with Gasteiger partial charge in [-0.3, -0.25) is 0 Å². The Bertz CT molecular complexity index is 321. The Balaban J connectivity index is 2.62. The van der Waals surface area contributed by atoms with E-state index in [0.29, 0.717) is 39.2 Å². The maximum atomic E-state index is 12.2. The molecule has 0 radical (unpaired) electrons. The third-order valence-electron chi connectivity index (χ3n) is 2.95. The van der Waals surface area contributed by atoms with Crippen LogP contribution in [0.25, 0.3) is 0 Å². The van der Waals surface area contributed by atoms with Crippen molar-refractivity contribution in [2.24, 2.45) is 5.73 Å². The Morgan fingerprint density at radius 1 is 1.53 bits per heavy atom. The summed E-state index contributed by atoms with van der Waals surface area (Å²) in [5.41, 5.74) is 5.39. The summed E-state index contributed by atoms with van der Waals surface area (Å²) >= 11 is 0. The Morgan fingerprint density at radius 3 is 2.82 bits per heavy atom. The molecule has 6 nitrogen and oxygen atoms in total. The van der Waals surface area contributed by atoms with E-state index in [1.54, 1.807) is 7.05 Å². The van der Waals surface area contributed by atoms with Crippen LogP contribution in [0.5, 0.6) is 0 Å². The van der Waals surface area contributed by atoms with E-state index >= 15 is 0 Å². The van der Waals surface area contributed by atoms with Crippen LogP contribution in [-0.2, 0) is 14.9 Å². The molecule has 1 saturated heterocycles. The van der Waals surface area contributed by atoms with Crippen molar-refractivity contribution in [3.8, 4) is 0 Å². The first kappa shape index (κ1) is 14.8. The minimum atomic E-state index is -3.35.